The minimum Gasteiger partial charge on any atom is -0.461 e. The number of nitrogens with one attached hydrogen (secondary N) is 1. The molecule has 17 heteroatoms. The number of hydrogen-bond donors (Lipinski definition) is 2. The molecule has 1 unspecified atom stereocenters. The Morgan fingerprint density at radius 2 is 1.92 bits per heavy atom. The highest BCUT2D eigenvalue weighted by molar-refractivity contribution is 6.34. The molecule has 1 amide bonds. The van der Waals surface area contributed by atoms with Gasteiger partial charge in [0.15, 0.2) is 11.5 Å². The third-order valence-corrected chi connectivity index (χ3v) is 10.6. The maximum Gasteiger partial charge on any atom is 0.418 e. The van der Waals surface area contributed by atoms with Crippen LogP contribution in [-0.2, 0) is 37.0 Å². The fourth-order valence-corrected chi connectivity index (χ4v) is 8.19. The molecule has 0 saturated carbocycles. The zero-order chi connectivity index (χ0) is 34.0. The van der Waals surface area contributed by atoms with Gasteiger partial charge in [0.05, 0.1) is 57.5 Å². The highest BCUT2D eigenvalue weighted by Crippen LogP contribution is 2.46. The first-order valence-electron chi connectivity index (χ1n) is 15.9. The quantitative estimate of drug-likeness (QED) is 0.259. The molecule has 0 spiro atoms. The molecule has 0 radical (unpaired) electrons. The normalized spacial score (nSPS) is 20.6. The Labute approximate surface area is 283 Å². The van der Waals surface area contributed by atoms with Gasteiger partial charge < -0.3 is 25.4 Å². The van der Waals surface area contributed by atoms with Crippen LogP contribution >= 0.6 is 23.2 Å². The van der Waals surface area contributed by atoms with Crippen molar-refractivity contribution in [2.24, 2.45) is 0 Å². The molecule has 2 fully saturated rings. The Hall–Kier alpha value is -3.40. The van der Waals surface area contributed by atoms with E-state index < -0.39 is 45.8 Å². The van der Waals surface area contributed by atoms with Crippen LogP contribution in [0.4, 0.5) is 29.1 Å². The standard InChI is InChI=1S/C31H34Cl2F4N8O3/c1-39-28(46)26-24(33)20-13-43(7-4-10-45(20)42-26)27-16-14-47-21(22-23(31(35,36)37)17(32)11-18(38)25(22)34)12-19(16)40-29(41-27)48-15-30-5-2-8-44(30)9-3-6-30/h11,21H,2-10,12-15,38H2,1H3,(H,39,46). The summed E-state index contributed by atoms with van der Waals surface area (Å²) in [4.78, 5) is 26.3. The lowest BCUT2D eigenvalue weighted by Gasteiger charge is -2.33. The number of halogens is 6. The van der Waals surface area contributed by atoms with Crippen molar-refractivity contribution in [1.82, 2.24) is 30.0 Å². The van der Waals surface area contributed by atoms with Crippen LogP contribution in [0.5, 0.6) is 6.01 Å². The third kappa shape index (κ3) is 5.71. The zero-order valence-electron chi connectivity index (χ0n) is 26.1. The van der Waals surface area contributed by atoms with Crippen LogP contribution in [0.25, 0.3) is 0 Å². The highest BCUT2D eigenvalue weighted by atomic mass is 35.5. The summed E-state index contributed by atoms with van der Waals surface area (Å²) in [7, 11) is 1.49. The smallest absolute Gasteiger partial charge is 0.418 e. The predicted octanol–water partition coefficient (Wildman–Crippen LogP) is 5.31. The monoisotopic (exact) mass is 712 g/mol. The lowest BCUT2D eigenvalue weighted by molar-refractivity contribution is -0.140. The number of carbonyl (C=O) groups is 1. The van der Waals surface area contributed by atoms with Gasteiger partial charge in [0.25, 0.3) is 5.91 Å². The first kappa shape index (κ1) is 33.1. The molecule has 2 saturated heterocycles. The molecule has 1 aromatic carbocycles. The van der Waals surface area contributed by atoms with Gasteiger partial charge in [-0.15, -0.1) is 0 Å². The Morgan fingerprint density at radius 1 is 1.17 bits per heavy atom. The van der Waals surface area contributed by atoms with Gasteiger partial charge >= 0.3 is 12.2 Å². The van der Waals surface area contributed by atoms with Gasteiger partial charge in [-0.25, -0.2) is 4.39 Å². The van der Waals surface area contributed by atoms with Crippen molar-refractivity contribution < 1.29 is 31.8 Å². The summed E-state index contributed by atoms with van der Waals surface area (Å²) in [5.41, 5.74) is 4.60. The number of aromatic nitrogens is 4. The third-order valence-electron chi connectivity index (χ3n) is 9.90. The first-order chi connectivity index (χ1) is 22.9. The number of alkyl halides is 3. The van der Waals surface area contributed by atoms with E-state index in [2.05, 4.69) is 20.3 Å². The second-order valence-corrected chi connectivity index (χ2v) is 13.5. The minimum absolute atomic E-state index is 0.0644. The molecule has 258 valence electrons. The van der Waals surface area contributed by atoms with E-state index in [1.54, 1.807) is 4.68 Å². The summed E-state index contributed by atoms with van der Waals surface area (Å²) < 4.78 is 72.1. The van der Waals surface area contributed by atoms with Crippen molar-refractivity contribution in [2.75, 3.05) is 43.9 Å². The lowest BCUT2D eigenvalue weighted by atomic mass is 9.93. The molecule has 48 heavy (non-hydrogen) atoms. The maximum absolute atomic E-state index is 15.4. The number of nitrogens with two attached hydrogens (primary N) is 1. The van der Waals surface area contributed by atoms with E-state index in [0.29, 0.717) is 48.9 Å². The molecule has 3 aromatic rings. The Morgan fingerprint density at radius 3 is 2.62 bits per heavy atom. The molecule has 1 atom stereocenters. The molecule has 3 N–H and O–H groups in total. The van der Waals surface area contributed by atoms with Gasteiger partial charge in [0.1, 0.15) is 12.4 Å². The zero-order valence-corrected chi connectivity index (χ0v) is 27.6. The molecule has 11 nitrogen and oxygen atoms in total. The first-order valence-corrected chi connectivity index (χ1v) is 16.6. The average Bonchev–Trinajstić information content (AvgIpc) is 3.67. The van der Waals surface area contributed by atoms with E-state index >= 15 is 4.39 Å². The van der Waals surface area contributed by atoms with Gasteiger partial charge in [-0.2, -0.15) is 28.2 Å². The van der Waals surface area contributed by atoms with Crippen LogP contribution in [0.15, 0.2) is 6.07 Å². The number of aryl methyl sites for hydroxylation is 1. The van der Waals surface area contributed by atoms with Gasteiger partial charge in [-0.05, 0) is 51.3 Å². The number of anilines is 2. The summed E-state index contributed by atoms with van der Waals surface area (Å²) in [5.74, 6) is -1.20. The van der Waals surface area contributed by atoms with Crippen LogP contribution < -0.4 is 20.7 Å². The lowest BCUT2D eigenvalue weighted by Crippen LogP contribution is -2.43. The van der Waals surface area contributed by atoms with Gasteiger partial charge in [0, 0.05) is 37.7 Å². The largest absolute Gasteiger partial charge is 0.461 e. The summed E-state index contributed by atoms with van der Waals surface area (Å²) in [6.07, 6.45) is -1.85. The molecule has 4 aliphatic rings. The fraction of sp³-hybridized carbons (Fsp3) is 0.548. The number of nitrogen functional groups attached to an aromatic ring is 1. The van der Waals surface area contributed by atoms with Crippen LogP contribution in [-0.4, -0.2) is 69.4 Å². The summed E-state index contributed by atoms with van der Waals surface area (Å²) in [6, 6.07) is 0.820. The van der Waals surface area contributed by atoms with Gasteiger partial charge in [-0.3, -0.25) is 14.4 Å². The Balaban J connectivity index is 1.28. The Kier molecular flexibility index (Phi) is 8.61. The summed E-state index contributed by atoms with van der Waals surface area (Å²) in [5, 5.41) is 6.47. The number of nitrogens with zero attached hydrogens (tertiary/aromatic N) is 6. The second-order valence-electron chi connectivity index (χ2n) is 12.7. The van der Waals surface area contributed by atoms with Crippen LogP contribution in [0.2, 0.25) is 10.0 Å². The summed E-state index contributed by atoms with van der Waals surface area (Å²) in [6.45, 7) is 3.36. The van der Waals surface area contributed by atoms with E-state index in [1.165, 1.54) is 7.05 Å². The van der Waals surface area contributed by atoms with Crippen molar-refractivity contribution in [3.8, 4) is 6.01 Å². The predicted molar refractivity (Wildman–Crippen MR) is 169 cm³/mol. The van der Waals surface area contributed by atoms with Crippen molar-refractivity contribution >= 4 is 40.6 Å². The van der Waals surface area contributed by atoms with Crippen molar-refractivity contribution in [1.29, 1.82) is 0 Å². The van der Waals surface area contributed by atoms with E-state index in [9.17, 15) is 18.0 Å². The number of fused-ring (bicyclic) bond motifs is 3. The Bertz CT molecular complexity index is 1760. The van der Waals surface area contributed by atoms with E-state index in [1.807, 2.05) is 4.90 Å². The van der Waals surface area contributed by atoms with Gasteiger partial charge in [-0.1, -0.05) is 23.2 Å². The SMILES string of the molecule is CNC(=O)c1nn2c(c1Cl)CN(c1nc(OCC34CCCN3CCC4)nc3c1COC(c1c(F)c(N)cc(Cl)c1C(F)(F)F)C3)CCC2. The van der Waals surface area contributed by atoms with E-state index in [0.717, 1.165) is 44.8 Å². The molecular weight excluding hydrogens is 679 g/mol. The minimum atomic E-state index is -4.97. The molecule has 7 rings (SSSR count). The highest BCUT2D eigenvalue weighted by Gasteiger charge is 2.46. The molecule has 4 aliphatic heterocycles. The summed E-state index contributed by atoms with van der Waals surface area (Å²) >= 11 is 12.7. The van der Waals surface area contributed by atoms with Gasteiger partial charge in [0.2, 0.25) is 0 Å². The molecule has 0 aliphatic carbocycles. The maximum atomic E-state index is 15.4. The van der Waals surface area contributed by atoms with Crippen LogP contribution in [0.3, 0.4) is 0 Å². The number of amides is 1. The van der Waals surface area contributed by atoms with Crippen molar-refractivity contribution in [2.45, 2.75) is 76.0 Å². The number of ether oxygens (including phenoxy) is 2. The number of rotatable bonds is 6. The van der Waals surface area contributed by atoms with Crippen molar-refractivity contribution in [3.05, 3.63) is 55.7 Å². The number of hydrogen-bond acceptors (Lipinski definition) is 9. The topological polar surface area (TPSA) is 124 Å². The molecular formula is C31H34Cl2F4N8O3. The van der Waals surface area contributed by atoms with Crippen LogP contribution in [0.1, 0.15) is 76.8 Å². The average molecular weight is 714 g/mol. The van der Waals surface area contributed by atoms with E-state index in [-0.39, 0.29) is 41.8 Å². The molecule has 6 heterocycles. The second kappa shape index (κ2) is 12.5. The molecule has 0 bridgehead atoms. The van der Waals surface area contributed by atoms with Crippen molar-refractivity contribution in [3.63, 3.8) is 0 Å². The number of benzene rings is 1. The number of carbonyl (C=O) groups excluding carboxylic acids is 1. The van der Waals surface area contributed by atoms with E-state index in [4.69, 9.17) is 43.4 Å². The molecule has 2 aromatic heterocycles. The fourth-order valence-electron chi connectivity index (χ4n) is 7.58. The van der Waals surface area contributed by atoms with Crippen LogP contribution in [0, 0.1) is 5.82 Å².